The summed E-state index contributed by atoms with van der Waals surface area (Å²) >= 11 is 0. The standard InChI is InChI=1S/C7H16N2O/c1-4-8-7(6(3)10)9-5-2/h7-9H,4-5H2,1-3H3. The van der Waals surface area contributed by atoms with Crippen molar-refractivity contribution >= 4 is 5.78 Å². The van der Waals surface area contributed by atoms with Crippen LogP contribution < -0.4 is 10.6 Å². The summed E-state index contributed by atoms with van der Waals surface area (Å²) < 4.78 is 0. The predicted molar refractivity (Wildman–Crippen MR) is 41.8 cm³/mol. The summed E-state index contributed by atoms with van der Waals surface area (Å²) in [6.07, 6.45) is -0.157. The van der Waals surface area contributed by atoms with Crippen LogP contribution in [0.25, 0.3) is 0 Å². The Kier molecular flexibility index (Phi) is 5.16. The van der Waals surface area contributed by atoms with E-state index in [1.165, 1.54) is 0 Å². The Balaban J connectivity index is 3.61. The molecule has 0 bridgehead atoms. The maximum Gasteiger partial charge on any atom is 0.161 e. The van der Waals surface area contributed by atoms with Gasteiger partial charge in [0.05, 0.1) is 0 Å². The van der Waals surface area contributed by atoms with Crippen molar-refractivity contribution in [3.8, 4) is 0 Å². The Morgan fingerprint density at radius 1 is 1.30 bits per heavy atom. The smallest absolute Gasteiger partial charge is 0.161 e. The average Bonchev–Trinajstić information content (AvgIpc) is 1.87. The first kappa shape index (κ1) is 9.59. The van der Waals surface area contributed by atoms with Crippen molar-refractivity contribution in [3.63, 3.8) is 0 Å². The Morgan fingerprint density at radius 3 is 1.90 bits per heavy atom. The first-order chi connectivity index (χ1) is 4.72. The van der Waals surface area contributed by atoms with Crippen LogP contribution in [0.4, 0.5) is 0 Å². The minimum absolute atomic E-state index is 0.142. The van der Waals surface area contributed by atoms with Gasteiger partial charge in [-0.25, -0.2) is 0 Å². The molecule has 0 amide bonds. The van der Waals surface area contributed by atoms with Crippen LogP contribution in [0.15, 0.2) is 0 Å². The second-order valence-electron chi connectivity index (χ2n) is 2.16. The Labute approximate surface area is 62.2 Å². The molecule has 0 rings (SSSR count). The molecule has 0 aromatic heterocycles. The quantitative estimate of drug-likeness (QED) is 0.538. The van der Waals surface area contributed by atoms with E-state index >= 15 is 0 Å². The van der Waals surface area contributed by atoms with E-state index in [1.807, 2.05) is 13.8 Å². The van der Waals surface area contributed by atoms with Gasteiger partial charge in [-0.05, 0) is 20.0 Å². The number of nitrogens with one attached hydrogen (secondary N) is 2. The first-order valence-corrected chi connectivity index (χ1v) is 3.69. The maximum absolute atomic E-state index is 10.8. The van der Waals surface area contributed by atoms with Gasteiger partial charge in [0.1, 0.15) is 6.17 Å². The van der Waals surface area contributed by atoms with Gasteiger partial charge in [0.15, 0.2) is 5.78 Å². The number of likely N-dealkylation sites (N-methyl/N-ethyl adjacent to an activating group) is 2. The Hall–Kier alpha value is -0.410. The molecule has 0 fully saturated rings. The highest BCUT2D eigenvalue weighted by Crippen LogP contribution is 1.78. The fraction of sp³-hybridized carbons (Fsp3) is 0.857. The summed E-state index contributed by atoms with van der Waals surface area (Å²) in [5.74, 6) is 0.142. The van der Waals surface area contributed by atoms with Crippen molar-refractivity contribution in [2.45, 2.75) is 26.9 Å². The third-order valence-corrected chi connectivity index (χ3v) is 1.22. The van der Waals surface area contributed by atoms with Crippen molar-refractivity contribution < 1.29 is 4.79 Å². The van der Waals surface area contributed by atoms with E-state index in [9.17, 15) is 4.79 Å². The molecular formula is C7H16N2O. The van der Waals surface area contributed by atoms with Crippen LogP contribution >= 0.6 is 0 Å². The van der Waals surface area contributed by atoms with Gasteiger partial charge < -0.3 is 0 Å². The van der Waals surface area contributed by atoms with E-state index in [0.29, 0.717) is 0 Å². The second kappa shape index (κ2) is 5.38. The molecule has 0 aromatic rings. The molecular weight excluding hydrogens is 128 g/mol. The van der Waals surface area contributed by atoms with E-state index in [2.05, 4.69) is 10.6 Å². The summed E-state index contributed by atoms with van der Waals surface area (Å²) in [6.45, 7) is 7.17. The van der Waals surface area contributed by atoms with Gasteiger partial charge in [-0.2, -0.15) is 0 Å². The molecule has 0 aliphatic heterocycles. The monoisotopic (exact) mass is 144 g/mol. The second-order valence-corrected chi connectivity index (χ2v) is 2.16. The van der Waals surface area contributed by atoms with Crippen LogP contribution in [-0.2, 0) is 4.79 Å². The lowest BCUT2D eigenvalue weighted by Crippen LogP contribution is -2.47. The Bertz CT molecular complexity index is 97.8. The molecule has 0 saturated heterocycles. The van der Waals surface area contributed by atoms with Gasteiger partial charge >= 0.3 is 0 Å². The summed E-state index contributed by atoms with van der Waals surface area (Å²) in [5, 5.41) is 6.04. The van der Waals surface area contributed by atoms with Crippen LogP contribution in [0.1, 0.15) is 20.8 Å². The van der Waals surface area contributed by atoms with Gasteiger partial charge in [-0.3, -0.25) is 15.4 Å². The lowest BCUT2D eigenvalue weighted by Gasteiger charge is -2.14. The van der Waals surface area contributed by atoms with Crippen molar-refractivity contribution in [2.75, 3.05) is 13.1 Å². The molecule has 0 heterocycles. The molecule has 0 radical (unpaired) electrons. The van der Waals surface area contributed by atoms with Gasteiger partial charge in [-0.15, -0.1) is 0 Å². The van der Waals surface area contributed by atoms with E-state index in [1.54, 1.807) is 6.92 Å². The van der Waals surface area contributed by atoms with Crippen molar-refractivity contribution in [1.29, 1.82) is 0 Å². The van der Waals surface area contributed by atoms with Crippen molar-refractivity contribution in [1.82, 2.24) is 10.6 Å². The van der Waals surface area contributed by atoms with E-state index < -0.39 is 0 Å². The van der Waals surface area contributed by atoms with Crippen LogP contribution in [-0.4, -0.2) is 25.0 Å². The molecule has 0 atom stereocenters. The molecule has 0 unspecified atom stereocenters. The van der Waals surface area contributed by atoms with Gasteiger partial charge in [0, 0.05) is 0 Å². The number of carbonyl (C=O) groups excluding carboxylic acids is 1. The summed E-state index contributed by atoms with van der Waals surface area (Å²) in [5.41, 5.74) is 0. The highest BCUT2D eigenvalue weighted by molar-refractivity contribution is 5.80. The summed E-state index contributed by atoms with van der Waals surface area (Å²) in [6, 6.07) is 0. The molecule has 0 aliphatic rings. The predicted octanol–water partition coefficient (Wildman–Crippen LogP) is 0.120. The molecule has 60 valence electrons. The molecule has 2 N–H and O–H groups in total. The molecule has 10 heavy (non-hydrogen) atoms. The molecule has 0 spiro atoms. The summed E-state index contributed by atoms with van der Waals surface area (Å²) in [7, 11) is 0. The minimum Gasteiger partial charge on any atom is -0.297 e. The van der Waals surface area contributed by atoms with Crippen LogP contribution in [0.5, 0.6) is 0 Å². The average molecular weight is 144 g/mol. The van der Waals surface area contributed by atoms with Gasteiger partial charge in [-0.1, -0.05) is 13.8 Å². The van der Waals surface area contributed by atoms with Crippen molar-refractivity contribution in [2.24, 2.45) is 0 Å². The number of hydrogen-bond donors (Lipinski definition) is 2. The maximum atomic E-state index is 10.8. The first-order valence-electron chi connectivity index (χ1n) is 3.69. The van der Waals surface area contributed by atoms with Crippen LogP contribution in [0, 0.1) is 0 Å². The zero-order chi connectivity index (χ0) is 7.98. The molecule has 0 aromatic carbocycles. The molecule has 0 aliphatic carbocycles. The van der Waals surface area contributed by atoms with Gasteiger partial charge in [0.25, 0.3) is 0 Å². The normalized spacial score (nSPS) is 10.4. The third-order valence-electron chi connectivity index (χ3n) is 1.22. The number of ketones is 1. The number of Topliss-reactive ketones (excluding diaryl/α,β-unsaturated/α-hetero) is 1. The van der Waals surface area contributed by atoms with E-state index in [4.69, 9.17) is 0 Å². The number of rotatable bonds is 5. The van der Waals surface area contributed by atoms with E-state index in [0.717, 1.165) is 13.1 Å². The Morgan fingerprint density at radius 2 is 1.70 bits per heavy atom. The molecule has 3 heteroatoms. The zero-order valence-electron chi connectivity index (χ0n) is 6.90. The molecule has 0 saturated carbocycles. The fourth-order valence-corrected chi connectivity index (χ4v) is 0.768. The summed E-state index contributed by atoms with van der Waals surface area (Å²) in [4.78, 5) is 10.8. The topological polar surface area (TPSA) is 41.1 Å². The lowest BCUT2D eigenvalue weighted by molar-refractivity contribution is -0.119. The highest BCUT2D eigenvalue weighted by atomic mass is 16.1. The number of carbonyl (C=O) groups is 1. The van der Waals surface area contributed by atoms with Crippen LogP contribution in [0.2, 0.25) is 0 Å². The fourth-order valence-electron chi connectivity index (χ4n) is 0.768. The minimum atomic E-state index is -0.157. The highest BCUT2D eigenvalue weighted by Gasteiger charge is 2.08. The van der Waals surface area contributed by atoms with Crippen LogP contribution in [0.3, 0.4) is 0 Å². The largest absolute Gasteiger partial charge is 0.297 e. The van der Waals surface area contributed by atoms with Gasteiger partial charge in [0.2, 0.25) is 0 Å². The zero-order valence-corrected chi connectivity index (χ0v) is 6.90. The van der Waals surface area contributed by atoms with Crippen molar-refractivity contribution in [3.05, 3.63) is 0 Å². The lowest BCUT2D eigenvalue weighted by atomic mass is 10.3. The third kappa shape index (κ3) is 3.58. The van der Waals surface area contributed by atoms with E-state index in [-0.39, 0.29) is 11.9 Å². The SMILES string of the molecule is CCNC(NCC)C(C)=O. The molecule has 3 nitrogen and oxygen atoms in total. The number of hydrogen-bond acceptors (Lipinski definition) is 3.